The van der Waals surface area contributed by atoms with Crippen LogP contribution in [0, 0.1) is 0 Å². The van der Waals surface area contributed by atoms with E-state index in [0.29, 0.717) is 0 Å². The average Bonchev–Trinajstić information content (AvgIpc) is 3.65. The molecular weight excluding hydrogens is 559 g/mol. The molecule has 0 saturated heterocycles. The normalized spacial score (nSPS) is 12.4. The lowest BCUT2D eigenvalue weighted by Gasteiger charge is -2.34. The first-order valence-corrected chi connectivity index (χ1v) is 17.7. The Balaban J connectivity index is 1.29. The van der Waals surface area contributed by atoms with E-state index in [1.165, 1.54) is 70.5 Å². The number of rotatable bonds is 5. The molecule has 1 aliphatic carbocycles. The van der Waals surface area contributed by atoms with Gasteiger partial charge in [-0.1, -0.05) is 152 Å². The zero-order chi connectivity index (χ0) is 29.8. The quantitative estimate of drug-likeness (QED) is 0.143. The molecule has 0 unspecified atom stereocenters. The zero-order valence-electron chi connectivity index (χ0n) is 24.9. The first-order chi connectivity index (χ1) is 22.3. The Hall–Kier alpha value is -5.44. The van der Waals surface area contributed by atoms with E-state index < -0.39 is 8.07 Å². The van der Waals surface area contributed by atoms with Crippen molar-refractivity contribution >= 4 is 50.6 Å². The minimum atomic E-state index is -2.61. The summed E-state index contributed by atoms with van der Waals surface area (Å²) in [6.45, 7) is 0. The van der Waals surface area contributed by atoms with Crippen molar-refractivity contribution in [3.63, 3.8) is 0 Å². The zero-order valence-corrected chi connectivity index (χ0v) is 25.9. The van der Waals surface area contributed by atoms with Gasteiger partial charge in [0.15, 0.2) is 8.07 Å². The highest BCUT2D eigenvalue weighted by Crippen LogP contribution is 2.39. The van der Waals surface area contributed by atoms with Crippen LogP contribution in [-0.2, 0) is 6.42 Å². The second kappa shape index (κ2) is 10.3. The van der Waals surface area contributed by atoms with Gasteiger partial charge < -0.3 is 4.57 Å². The second-order valence-electron chi connectivity index (χ2n) is 12.1. The molecule has 0 bridgehead atoms. The van der Waals surface area contributed by atoms with Crippen LogP contribution in [0.5, 0.6) is 0 Å². The van der Waals surface area contributed by atoms with Gasteiger partial charge in [0.1, 0.15) is 0 Å². The summed E-state index contributed by atoms with van der Waals surface area (Å²) in [7, 11) is -2.61. The number of para-hydroxylation sites is 2. The summed E-state index contributed by atoms with van der Waals surface area (Å²) in [5.74, 6) is 0. The molecule has 1 heterocycles. The minimum Gasteiger partial charge on any atom is -0.309 e. The van der Waals surface area contributed by atoms with Crippen molar-refractivity contribution in [1.29, 1.82) is 0 Å². The number of benzene rings is 7. The fraction of sp³-hybridized carbons (Fsp3) is 0.0233. The maximum Gasteiger partial charge on any atom is 0.179 e. The summed E-state index contributed by atoms with van der Waals surface area (Å²) >= 11 is 0. The third-order valence-corrected chi connectivity index (χ3v) is 14.5. The van der Waals surface area contributed by atoms with Crippen LogP contribution in [0.4, 0.5) is 0 Å². The molecule has 8 aromatic rings. The predicted molar refractivity (Wildman–Crippen MR) is 193 cm³/mol. The Morgan fingerprint density at radius 3 is 1.36 bits per heavy atom. The lowest BCUT2D eigenvalue weighted by atomic mass is 10.0. The van der Waals surface area contributed by atoms with Gasteiger partial charge in [-0.05, 0) is 73.7 Å². The third-order valence-electron chi connectivity index (χ3n) is 9.77. The molecule has 0 aliphatic heterocycles. The molecule has 0 radical (unpaired) electrons. The Morgan fingerprint density at radius 1 is 0.378 bits per heavy atom. The van der Waals surface area contributed by atoms with Gasteiger partial charge in [0, 0.05) is 16.5 Å². The SMILES string of the molecule is c1ccc([Si](c2ccccc2)(c2ccccc2)c2ccc3c(c2)-c2cc(-n4c5ccccc5c5ccccc54)ccc2C3)cc1. The molecule has 0 saturated carbocycles. The second-order valence-corrected chi connectivity index (χ2v) is 15.9. The number of nitrogens with zero attached hydrogens (tertiary/aromatic N) is 1. The van der Waals surface area contributed by atoms with E-state index in [-0.39, 0.29) is 0 Å². The van der Waals surface area contributed by atoms with E-state index in [2.05, 4.69) is 180 Å². The van der Waals surface area contributed by atoms with Crippen molar-refractivity contribution < 1.29 is 0 Å². The minimum absolute atomic E-state index is 0.967. The maximum absolute atomic E-state index is 2.61. The Kier molecular flexibility index (Phi) is 5.97. The molecule has 0 atom stereocenters. The lowest BCUT2D eigenvalue weighted by Crippen LogP contribution is -2.74. The summed E-state index contributed by atoms with van der Waals surface area (Å²) in [5, 5.41) is 8.21. The van der Waals surface area contributed by atoms with Crippen LogP contribution in [-0.4, -0.2) is 12.6 Å². The van der Waals surface area contributed by atoms with Crippen molar-refractivity contribution in [1.82, 2.24) is 4.57 Å². The first kappa shape index (κ1) is 26.0. The van der Waals surface area contributed by atoms with Crippen molar-refractivity contribution in [2.75, 3.05) is 0 Å². The molecule has 0 spiro atoms. The number of hydrogen-bond donors (Lipinski definition) is 0. The van der Waals surface area contributed by atoms with Crippen LogP contribution in [0.1, 0.15) is 11.1 Å². The van der Waals surface area contributed by atoms with Gasteiger partial charge in [-0.3, -0.25) is 0 Å². The fourth-order valence-corrected chi connectivity index (χ4v) is 12.6. The van der Waals surface area contributed by atoms with Gasteiger partial charge in [-0.15, -0.1) is 0 Å². The third kappa shape index (κ3) is 3.93. The highest BCUT2D eigenvalue weighted by molar-refractivity contribution is 7.19. The van der Waals surface area contributed by atoms with Gasteiger partial charge in [0.2, 0.25) is 0 Å². The summed E-state index contributed by atoms with van der Waals surface area (Å²) < 4.78 is 2.43. The molecular formula is C43H31NSi. The van der Waals surface area contributed by atoms with Gasteiger partial charge in [0.25, 0.3) is 0 Å². The van der Waals surface area contributed by atoms with E-state index in [4.69, 9.17) is 0 Å². The van der Waals surface area contributed by atoms with Gasteiger partial charge in [0.05, 0.1) is 11.0 Å². The van der Waals surface area contributed by atoms with Crippen LogP contribution < -0.4 is 20.7 Å². The lowest BCUT2D eigenvalue weighted by molar-refractivity contribution is 1.17. The smallest absolute Gasteiger partial charge is 0.179 e. The monoisotopic (exact) mass is 589 g/mol. The van der Waals surface area contributed by atoms with E-state index in [1.807, 2.05) is 0 Å². The Labute approximate surface area is 264 Å². The molecule has 9 rings (SSSR count). The summed E-state index contributed by atoms with van der Waals surface area (Å²) in [6.07, 6.45) is 0.967. The van der Waals surface area contributed by atoms with Crippen LogP contribution in [0.25, 0.3) is 38.6 Å². The van der Waals surface area contributed by atoms with Crippen molar-refractivity contribution in [2.24, 2.45) is 0 Å². The summed E-state index contributed by atoms with van der Waals surface area (Å²) in [5.41, 5.74) is 9.22. The first-order valence-electron chi connectivity index (χ1n) is 15.7. The van der Waals surface area contributed by atoms with Gasteiger partial charge in [-0.25, -0.2) is 0 Å². The van der Waals surface area contributed by atoms with Gasteiger partial charge in [-0.2, -0.15) is 0 Å². The fourth-order valence-electron chi connectivity index (χ4n) is 7.79. The molecule has 7 aromatic carbocycles. The van der Waals surface area contributed by atoms with E-state index >= 15 is 0 Å². The summed E-state index contributed by atoms with van der Waals surface area (Å²) in [4.78, 5) is 0. The Morgan fingerprint density at radius 2 is 0.822 bits per heavy atom. The highest BCUT2D eigenvalue weighted by Gasteiger charge is 2.42. The van der Waals surface area contributed by atoms with Crippen LogP contribution in [0.15, 0.2) is 176 Å². The molecule has 212 valence electrons. The topological polar surface area (TPSA) is 4.93 Å². The van der Waals surface area contributed by atoms with Crippen molar-refractivity contribution in [2.45, 2.75) is 6.42 Å². The van der Waals surface area contributed by atoms with E-state index in [9.17, 15) is 0 Å². The van der Waals surface area contributed by atoms with Crippen molar-refractivity contribution in [3.05, 3.63) is 187 Å². The molecule has 2 heteroatoms. The van der Waals surface area contributed by atoms with Crippen LogP contribution >= 0.6 is 0 Å². The predicted octanol–water partition coefficient (Wildman–Crippen LogP) is 7.73. The molecule has 0 fully saturated rings. The van der Waals surface area contributed by atoms with Crippen molar-refractivity contribution in [3.8, 4) is 16.8 Å². The molecule has 45 heavy (non-hydrogen) atoms. The molecule has 1 aliphatic rings. The number of aromatic nitrogens is 1. The number of hydrogen-bond acceptors (Lipinski definition) is 0. The molecule has 0 amide bonds. The standard InChI is InChI=1S/C43H31NSi/c1-4-14-34(15-5-1)45(35-16-6-2-7-17-35,36-18-8-3-9-19-36)37-27-25-32-28-31-24-26-33(29-40(31)41(32)30-37)44-42-22-12-10-20-38(42)39-21-11-13-23-43(39)44/h1-27,29-30H,28H2. The largest absolute Gasteiger partial charge is 0.309 e. The molecule has 1 aromatic heterocycles. The average molecular weight is 590 g/mol. The van der Waals surface area contributed by atoms with Crippen LogP contribution in [0.2, 0.25) is 0 Å². The van der Waals surface area contributed by atoms with Gasteiger partial charge >= 0.3 is 0 Å². The maximum atomic E-state index is 2.54. The Bertz CT molecular complexity index is 2190. The summed E-state index contributed by atoms with van der Waals surface area (Å²) in [6, 6.07) is 65.6. The number of fused-ring (bicyclic) bond motifs is 6. The van der Waals surface area contributed by atoms with Crippen LogP contribution in [0.3, 0.4) is 0 Å². The highest BCUT2D eigenvalue weighted by atomic mass is 28.3. The molecule has 0 N–H and O–H groups in total. The van der Waals surface area contributed by atoms with E-state index in [0.717, 1.165) is 6.42 Å². The van der Waals surface area contributed by atoms with E-state index in [1.54, 1.807) is 0 Å². The molecule has 1 nitrogen and oxygen atoms in total.